The third kappa shape index (κ3) is 2.75. The standard InChI is InChI=1S/C14H15ClN6/c1-8(9-4-3-5-10(15)6-9)19-13-11-12(18-7-17-11)20-14(16-2)21-13/h3-8H,1-2H3,(H3,16,17,18,19,20,21). The normalized spacial score (nSPS) is 12.3. The van der Waals surface area contributed by atoms with E-state index in [1.807, 2.05) is 24.3 Å². The summed E-state index contributed by atoms with van der Waals surface area (Å²) in [5.74, 6) is 1.23. The largest absolute Gasteiger partial charge is 0.362 e. The lowest BCUT2D eigenvalue weighted by atomic mass is 10.1. The van der Waals surface area contributed by atoms with Crippen LogP contribution in [0.1, 0.15) is 18.5 Å². The zero-order chi connectivity index (χ0) is 14.8. The summed E-state index contributed by atoms with van der Waals surface area (Å²) in [7, 11) is 1.78. The molecule has 0 fully saturated rings. The molecular weight excluding hydrogens is 288 g/mol. The minimum Gasteiger partial charge on any atom is -0.362 e. The van der Waals surface area contributed by atoms with Gasteiger partial charge in [-0.15, -0.1) is 0 Å². The van der Waals surface area contributed by atoms with E-state index in [2.05, 4.69) is 37.5 Å². The number of imidazole rings is 1. The molecular formula is C14H15ClN6. The molecule has 0 aliphatic heterocycles. The molecule has 108 valence electrons. The highest BCUT2D eigenvalue weighted by molar-refractivity contribution is 6.30. The van der Waals surface area contributed by atoms with Crippen molar-refractivity contribution in [3.8, 4) is 0 Å². The first-order chi connectivity index (χ1) is 10.2. The van der Waals surface area contributed by atoms with E-state index < -0.39 is 0 Å². The predicted octanol–water partition coefficient (Wildman–Crippen LogP) is 3.22. The second-order valence-corrected chi connectivity index (χ2v) is 5.10. The van der Waals surface area contributed by atoms with Crippen LogP contribution < -0.4 is 10.6 Å². The summed E-state index contributed by atoms with van der Waals surface area (Å²) in [6.45, 7) is 2.05. The van der Waals surface area contributed by atoms with Gasteiger partial charge in [-0.3, -0.25) is 0 Å². The molecule has 0 radical (unpaired) electrons. The number of halogens is 1. The number of benzene rings is 1. The molecule has 0 aliphatic rings. The van der Waals surface area contributed by atoms with Gasteiger partial charge < -0.3 is 15.6 Å². The van der Waals surface area contributed by atoms with Crippen molar-refractivity contribution in [2.75, 3.05) is 17.7 Å². The summed E-state index contributed by atoms with van der Waals surface area (Å²) in [5.41, 5.74) is 2.48. The molecule has 0 aliphatic carbocycles. The van der Waals surface area contributed by atoms with Gasteiger partial charge >= 0.3 is 0 Å². The average molecular weight is 303 g/mol. The van der Waals surface area contributed by atoms with Gasteiger partial charge in [-0.2, -0.15) is 9.97 Å². The summed E-state index contributed by atoms with van der Waals surface area (Å²) < 4.78 is 0. The Morgan fingerprint density at radius 3 is 2.90 bits per heavy atom. The fraction of sp³-hybridized carbons (Fsp3) is 0.214. The first kappa shape index (κ1) is 13.6. The van der Waals surface area contributed by atoms with E-state index in [0.717, 1.165) is 11.1 Å². The molecule has 0 bridgehead atoms. The Labute approximate surface area is 127 Å². The van der Waals surface area contributed by atoms with E-state index in [1.165, 1.54) is 0 Å². The van der Waals surface area contributed by atoms with Crippen LogP contribution in [0.5, 0.6) is 0 Å². The monoisotopic (exact) mass is 302 g/mol. The molecule has 0 spiro atoms. The van der Waals surface area contributed by atoms with Crippen LogP contribution in [0.15, 0.2) is 30.6 Å². The van der Waals surface area contributed by atoms with Gasteiger partial charge in [0.2, 0.25) is 5.95 Å². The van der Waals surface area contributed by atoms with Crippen molar-refractivity contribution in [2.45, 2.75) is 13.0 Å². The zero-order valence-corrected chi connectivity index (χ0v) is 12.4. The van der Waals surface area contributed by atoms with Crippen molar-refractivity contribution in [1.82, 2.24) is 19.9 Å². The minimum atomic E-state index is 0.0507. The summed E-state index contributed by atoms with van der Waals surface area (Å²) in [4.78, 5) is 16.0. The number of H-pyrrole nitrogens is 1. The fourth-order valence-electron chi connectivity index (χ4n) is 2.11. The van der Waals surface area contributed by atoms with Gasteiger partial charge in [0.15, 0.2) is 11.5 Å². The van der Waals surface area contributed by atoms with Crippen LogP contribution in [0.4, 0.5) is 11.8 Å². The van der Waals surface area contributed by atoms with Gasteiger partial charge in [0.25, 0.3) is 0 Å². The van der Waals surface area contributed by atoms with Crippen molar-refractivity contribution in [3.63, 3.8) is 0 Å². The van der Waals surface area contributed by atoms with Gasteiger partial charge in [-0.25, -0.2) is 4.98 Å². The SMILES string of the molecule is CNc1nc(NC(C)c2cccc(Cl)c2)c2[nH]cnc2n1. The molecule has 3 rings (SSSR count). The number of aromatic amines is 1. The summed E-state index contributed by atoms with van der Waals surface area (Å²) in [6, 6.07) is 7.79. The van der Waals surface area contributed by atoms with Crippen LogP contribution in [-0.2, 0) is 0 Å². The van der Waals surface area contributed by atoms with Gasteiger partial charge in [0.05, 0.1) is 12.4 Å². The molecule has 21 heavy (non-hydrogen) atoms. The maximum Gasteiger partial charge on any atom is 0.226 e. The number of rotatable bonds is 4. The van der Waals surface area contributed by atoms with E-state index in [4.69, 9.17) is 11.6 Å². The third-order valence-electron chi connectivity index (χ3n) is 3.21. The number of anilines is 2. The second-order valence-electron chi connectivity index (χ2n) is 4.67. The molecule has 3 N–H and O–H groups in total. The van der Waals surface area contributed by atoms with Crippen LogP contribution in [0.25, 0.3) is 11.2 Å². The molecule has 3 aromatic rings. The number of aromatic nitrogens is 4. The number of nitrogens with zero attached hydrogens (tertiary/aromatic N) is 3. The first-order valence-electron chi connectivity index (χ1n) is 6.58. The Morgan fingerprint density at radius 1 is 1.29 bits per heavy atom. The van der Waals surface area contributed by atoms with Crippen LogP contribution in [0.2, 0.25) is 5.02 Å². The second kappa shape index (κ2) is 5.57. The van der Waals surface area contributed by atoms with Crippen LogP contribution in [-0.4, -0.2) is 27.0 Å². The number of hydrogen-bond acceptors (Lipinski definition) is 5. The maximum atomic E-state index is 6.04. The van der Waals surface area contributed by atoms with Crippen LogP contribution >= 0.6 is 11.6 Å². The minimum absolute atomic E-state index is 0.0507. The Morgan fingerprint density at radius 2 is 2.14 bits per heavy atom. The van der Waals surface area contributed by atoms with Gasteiger partial charge in [-0.05, 0) is 24.6 Å². The molecule has 0 amide bonds. The van der Waals surface area contributed by atoms with Gasteiger partial charge in [-0.1, -0.05) is 23.7 Å². The summed E-state index contributed by atoms with van der Waals surface area (Å²) in [6.07, 6.45) is 1.61. The molecule has 1 aromatic carbocycles. The first-order valence-corrected chi connectivity index (χ1v) is 6.96. The predicted molar refractivity (Wildman–Crippen MR) is 84.7 cm³/mol. The Bertz CT molecular complexity index is 769. The van der Waals surface area contributed by atoms with Crippen molar-refractivity contribution in [3.05, 3.63) is 41.2 Å². The number of nitrogens with one attached hydrogen (secondary N) is 3. The van der Waals surface area contributed by atoms with Crippen molar-refractivity contribution >= 4 is 34.5 Å². The molecule has 0 saturated carbocycles. The Balaban J connectivity index is 1.95. The molecule has 1 atom stereocenters. The lowest BCUT2D eigenvalue weighted by Gasteiger charge is -2.16. The fourth-order valence-corrected chi connectivity index (χ4v) is 2.31. The highest BCUT2D eigenvalue weighted by atomic mass is 35.5. The summed E-state index contributed by atoms with van der Waals surface area (Å²) in [5, 5.41) is 7.02. The Kier molecular flexibility index (Phi) is 3.62. The van der Waals surface area contributed by atoms with Crippen molar-refractivity contribution in [2.24, 2.45) is 0 Å². The smallest absolute Gasteiger partial charge is 0.226 e. The Hall–Kier alpha value is -2.34. The van der Waals surface area contributed by atoms with Gasteiger partial charge in [0, 0.05) is 12.1 Å². The number of hydrogen-bond donors (Lipinski definition) is 3. The molecule has 2 heterocycles. The summed E-state index contributed by atoms with van der Waals surface area (Å²) >= 11 is 6.04. The lowest BCUT2D eigenvalue weighted by molar-refractivity contribution is 0.875. The van der Waals surface area contributed by atoms with Crippen molar-refractivity contribution in [1.29, 1.82) is 0 Å². The van der Waals surface area contributed by atoms with Crippen molar-refractivity contribution < 1.29 is 0 Å². The van der Waals surface area contributed by atoms with E-state index >= 15 is 0 Å². The molecule has 1 unspecified atom stereocenters. The molecule has 6 nitrogen and oxygen atoms in total. The highest BCUT2D eigenvalue weighted by Gasteiger charge is 2.13. The lowest BCUT2D eigenvalue weighted by Crippen LogP contribution is -2.10. The van der Waals surface area contributed by atoms with E-state index in [1.54, 1.807) is 13.4 Å². The van der Waals surface area contributed by atoms with Crippen LogP contribution in [0, 0.1) is 0 Å². The van der Waals surface area contributed by atoms with E-state index in [0.29, 0.717) is 22.4 Å². The van der Waals surface area contributed by atoms with Crippen LogP contribution in [0.3, 0.4) is 0 Å². The highest BCUT2D eigenvalue weighted by Crippen LogP contribution is 2.25. The van der Waals surface area contributed by atoms with Gasteiger partial charge in [0.1, 0.15) is 5.52 Å². The average Bonchev–Trinajstić information content (AvgIpc) is 2.95. The maximum absolute atomic E-state index is 6.04. The van der Waals surface area contributed by atoms with E-state index in [-0.39, 0.29) is 6.04 Å². The topological polar surface area (TPSA) is 78.5 Å². The molecule has 7 heteroatoms. The quantitative estimate of drug-likeness (QED) is 0.689. The third-order valence-corrected chi connectivity index (χ3v) is 3.45. The molecule has 2 aromatic heterocycles. The molecule has 0 saturated heterocycles. The number of fused-ring (bicyclic) bond motifs is 1. The van der Waals surface area contributed by atoms with E-state index in [9.17, 15) is 0 Å². The zero-order valence-electron chi connectivity index (χ0n) is 11.7.